The van der Waals surface area contributed by atoms with E-state index in [1.807, 2.05) is 0 Å². The minimum absolute atomic E-state index is 0.0118. The van der Waals surface area contributed by atoms with Crippen LogP contribution < -0.4 is 10.7 Å². The zero-order chi connectivity index (χ0) is 20.4. The first-order chi connectivity index (χ1) is 14.0. The number of benzene rings is 1. The number of hydrogen-bond acceptors (Lipinski definition) is 4. The summed E-state index contributed by atoms with van der Waals surface area (Å²) in [5.41, 5.74) is 9.74. The van der Waals surface area contributed by atoms with Gasteiger partial charge in [0.05, 0.1) is 11.4 Å². The van der Waals surface area contributed by atoms with Crippen LogP contribution in [0.4, 0.5) is 4.39 Å². The van der Waals surface area contributed by atoms with Gasteiger partial charge < -0.3 is 15.4 Å². The van der Waals surface area contributed by atoms with Crippen LogP contribution in [0.25, 0.3) is 16.5 Å². The highest BCUT2D eigenvalue weighted by Crippen LogP contribution is 2.28. The number of amides is 1. The van der Waals surface area contributed by atoms with Gasteiger partial charge in [0.1, 0.15) is 5.82 Å². The fourth-order valence-corrected chi connectivity index (χ4v) is 4.03. The number of pyridine rings is 1. The van der Waals surface area contributed by atoms with E-state index in [9.17, 15) is 9.18 Å². The maximum Gasteiger partial charge on any atom is 0.219 e. The third-order valence-electron chi connectivity index (χ3n) is 5.71. The molecule has 2 saturated heterocycles. The summed E-state index contributed by atoms with van der Waals surface area (Å²) in [6, 6.07) is 5.05. The van der Waals surface area contributed by atoms with Crippen LogP contribution in [-0.4, -0.2) is 48.9 Å². The van der Waals surface area contributed by atoms with Crippen LogP contribution in [0.2, 0.25) is 0 Å². The Kier molecular flexibility index (Phi) is 5.58. The second-order valence-electron chi connectivity index (χ2n) is 7.57. The first-order valence-electron chi connectivity index (χ1n) is 10.0. The minimum Gasteiger partial charge on any atom is -0.398 e. The number of fused-ring (bicyclic) bond motifs is 1. The van der Waals surface area contributed by atoms with Crippen LogP contribution in [-0.2, 0) is 9.53 Å². The Balaban J connectivity index is 1.81. The largest absolute Gasteiger partial charge is 0.398 e. The van der Waals surface area contributed by atoms with E-state index in [0.29, 0.717) is 49.2 Å². The quantitative estimate of drug-likeness (QED) is 0.844. The molecule has 0 unspecified atom stereocenters. The SMILES string of the molecule is CC(=O)N1CCC(=NC2CCOCC2)C(=C(N)c2ccc(F)c3cc[nH+]cc23)C1. The third-order valence-corrected chi connectivity index (χ3v) is 5.71. The van der Waals surface area contributed by atoms with Crippen LogP contribution in [0.5, 0.6) is 0 Å². The van der Waals surface area contributed by atoms with Gasteiger partial charge in [0.2, 0.25) is 5.91 Å². The van der Waals surface area contributed by atoms with Crippen molar-refractivity contribution >= 4 is 28.1 Å². The lowest BCUT2D eigenvalue weighted by Crippen LogP contribution is -2.40. The standard InChI is InChI=1S/C22H25FN4O2/c1-14(28)27-9-5-21(26-15-6-10-29-11-7-15)19(13-27)22(24)17-2-3-20(23)16-4-8-25-12-18(16)17/h2-4,8,12,15H,5-7,9-11,13,24H2,1H3/p+1. The van der Waals surface area contributed by atoms with Gasteiger partial charge >= 0.3 is 0 Å². The fourth-order valence-electron chi connectivity index (χ4n) is 4.03. The molecule has 4 rings (SSSR count). The van der Waals surface area contributed by atoms with Gasteiger partial charge in [-0.05, 0) is 25.0 Å². The van der Waals surface area contributed by atoms with Crippen LogP contribution in [0.1, 0.15) is 31.7 Å². The second kappa shape index (κ2) is 8.29. The number of nitrogens with zero attached hydrogens (tertiary/aromatic N) is 2. The summed E-state index contributed by atoms with van der Waals surface area (Å²) in [5.74, 6) is -0.279. The minimum atomic E-state index is -0.291. The lowest BCUT2D eigenvalue weighted by Gasteiger charge is -2.31. The highest BCUT2D eigenvalue weighted by atomic mass is 19.1. The average Bonchev–Trinajstić information content (AvgIpc) is 2.75. The Morgan fingerprint density at radius 1 is 1.28 bits per heavy atom. The van der Waals surface area contributed by atoms with Crippen molar-refractivity contribution in [1.82, 2.24) is 4.90 Å². The molecule has 6 nitrogen and oxygen atoms in total. The first-order valence-corrected chi connectivity index (χ1v) is 10.0. The van der Waals surface area contributed by atoms with Crippen molar-refractivity contribution in [3.05, 3.63) is 47.5 Å². The van der Waals surface area contributed by atoms with E-state index >= 15 is 0 Å². The monoisotopic (exact) mass is 397 g/mol. The molecular weight excluding hydrogens is 371 g/mol. The number of carbonyl (C=O) groups excluding carboxylic acids is 1. The van der Waals surface area contributed by atoms with Crippen LogP contribution in [0.3, 0.4) is 0 Å². The van der Waals surface area contributed by atoms with E-state index in [1.54, 1.807) is 36.4 Å². The molecule has 3 N–H and O–H groups in total. The van der Waals surface area contributed by atoms with E-state index in [-0.39, 0.29) is 17.8 Å². The van der Waals surface area contributed by atoms with Gasteiger partial charge in [0.25, 0.3) is 0 Å². The molecule has 0 bridgehead atoms. The number of rotatable bonds is 2. The maximum atomic E-state index is 14.3. The molecule has 1 aromatic carbocycles. The van der Waals surface area contributed by atoms with E-state index in [2.05, 4.69) is 4.98 Å². The Morgan fingerprint density at radius 2 is 2.07 bits per heavy atom. The van der Waals surface area contributed by atoms with Crippen molar-refractivity contribution in [2.24, 2.45) is 10.7 Å². The summed E-state index contributed by atoms with van der Waals surface area (Å²) < 4.78 is 19.7. The predicted molar refractivity (Wildman–Crippen MR) is 110 cm³/mol. The number of aliphatic imine (C=N–C) groups is 1. The summed E-state index contributed by atoms with van der Waals surface area (Å²) in [5, 5.41) is 1.22. The number of H-pyrrole nitrogens is 1. The number of nitrogens with one attached hydrogen (secondary N) is 1. The predicted octanol–water partition coefficient (Wildman–Crippen LogP) is 2.33. The Bertz CT molecular complexity index is 995. The van der Waals surface area contributed by atoms with Crippen molar-refractivity contribution < 1.29 is 18.9 Å². The number of likely N-dealkylation sites (tertiary alicyclic amines) is 1. The van der Waals surface area contributed by atoms with E-state index < -0.39 is 0 Å². The van der Waals surface area contributed by atoms with Crippen molar-refractivity contribution in [3.63, 3.8) is 0 Å². The molecule has 0 spiro atoms. The van der Waals surface area contributed by atoms with E-state index in [4.69, 9.17) is 15.5 Å². The number of carbonyl (C=O) groups is 1. The highest BCUT2D eigenvalue weighted by molar-refractivity contribution is 6.09. The van der Waals surface area contributed by atoms with Crippen molar-refractivity contribution in [2.75, 3.05) is 26.3 Å². The molecule has 2 fully saturated rings. The molecule has 2 aliphatic rings. The molecular formula is C22H26FN4O2+. The smallest absolute Gasteiger partial charge is 0.219 e. The summed E-state index contributed by atoms with van der Waals surface area (Å²) in [4.78, 5) is 21.8. The molecule has 0 radical (unpaired) electrons. The number of aromatic nitrogens is 1. The third kappa shape index (κ3) is 4.00. The molecule has 1 amide bonds. The molecule has 2 aromatic rings. The van der Waals surface area contributed by atoms with Crippen LogP contribution in [0.15, 0.2) is 41.2 Å². The van der Waals surface area contributed by atoms with Gasteiger partial charge in [-0.25, -0.2) is 9.37 Å². The second-order valence-corrected chi connectivity index (χ2v) is 7.57. The zero-order valence-corrected chi connectivity index (χ0v) is 16.6. The normalized spacial score (nSPS) is 21.6. The number of hydrogen-bond donors (Lipinski definition) is 1. The van der Waals surface area contributed by atoms with Gasteiger partial charge in [-0.2, -0.15) is 0 Å². The molecule has 152 valence electrons. The van der Waals surface area contributed by atoms with E-state index in [1.165, 1.54) is 6.07 Å². The average molecular weight is 397 g/mol. The molecule has 29 heavy (non-hydrogen) atoms. The van der Waals surface area contributed by atoms with Gasteiger partial charge in [-0.15, -0.1) is 0 Å². The number of ether oxygens (including phenoxy) is 1. The number of aromatic amines is 1. The van der Waals surface area contributed by atoms with Crippen molar-refractivity contribution in [1.29, 1.82) is 0 Å². The molecule has 3 heterocycles. The Labute approximate surface area is 169 Å². The Hall–Kier alpha value is -2.80. The summed E-state index contributed by atoms with van der Waals surface area (Å²) in [6.45, 7) is 4.05. The summed E-state index contributed by atoms with van der Waals surface area (Å²) in [7, 11) is 0. The van der Waals surface area contributed by atoms with Crippen LogP contribution in [0, 0.1) is 5.82 Å². The lowest BCUT2D eigenvalue weighted by atomic mass is 9.94. The van der Waals surface area contributed by atoms with Crippen molar-refractivity contribution in [3.8, 4) is 0 Å². The fraction of sp³-hybridized carbons (Fsp3) is 0.409. The van der Waals surface area contributed by atoms with E-state index in [0.717, 1.165) is 29.7 Å². The molecule has 7 heteroatoms. The highest BCUT2D eigenvalue weighted by Gasteiger charge is 2.26. The Morgan fingerprint density at radius 3 is 2.83 bits per heavy atom. The summed E-state index contributed by atoms with van der Waals surface area (Å²) in [6.07, 6.45) is 5.89. The van der Waals surface area contributed by atoms with Crippen LogP contribution >= 0.6 is 0 Å². The first kappa shape index (κ1) is 19.5. The molecule has 0 aliphatic carbocycles. The maximum absolute atomic E-state index is 14.3. The molecule has 1 aromatic heterocycles. The molecule has 2 aliphatic heterocycles. The number of nitrogens with two attached hydrogens (primary N) is 1. The van der Waals surface area contributed by atoms with Gasteiger partial charge in [0.15, 0.2) is 12.4 Å². The van der Waals surface area contributed by atoms with Crippen molar-refractivity contribution in [2.45, 2.75) is 32.2 Å². The zero-order valence-electron chi connectivity index (χ0n) is 16.6. The topological polar surface area (TPSA) is 82.1 Å². The summed E-state index contributed by atoms with van der Waals surface area (Å²) >= 11 is 0. The number of piperidine rings is 1. The lowest BCUT2D eigenvalue weighted by molar-refractivity contribution is -0.375. The van der Waals surface area contributed by atoms with Gasteiger partial charge in [0, 0.05) is 73.6 Å². The number of halogens is 1. The molecule has 0 saturated carbocycles. The van der Waals surface area contributed by atoms with Gasteiger partial charge in [-0.1, -0.05) is 0 Å². The van der Waals surface area contributed by atoms with Gasteiger partial charge in [-0.3, -0.25) is 9.79 Å². The molecule has 0 atom stereocenters.